The molecule has 0 saturated heterocycles. The number of likely N-dealkylation sites (N-methyl/N-ethyl adjacent to an activating group) is 1. The van der Waals surface area contributed by atoms with Crippen LogP contribution < -0.4 is 0 Å². The quantitative estimate of drug-likeness (QED) is 0.0211. The Morgan fingerprint density at radius 3 is 1.13 bits per heavy atom. The number of carboxylic acid groups (broad SMARTS) is 1. The third kappa shape index (κ3) is 57.1. The van der Waals surface area contributed by atoms with E-state index in [0.717, 1.165) is 128 Å². The lowest BCUT2D eigenvalue weighted by atomic mass is 10.1. The molecule has 2 atom stereocenters. The molecule has 0 aromatic rings. The van der Waals surface area contributed by atoms with Crippen LogP contribution in [0.15, 0.2) is 134 Å². The van der Waals surface area contributed by atoms with Crippen LogP contribution in [0.1, 0.15) is 213 Å². The van der Waals surface area contributed by atoms with E-state index in [1.165, 1.54) is 51.4 Å². The Hall–Kier alpha value is -4.57. The molecule has 430 valence electrons. The predicted molar refractivity (Wildman–Crippen MR) is 322 cm³/mol. The van der Waals surface area contributed by atoms with E-state index in [4.69, 9.17) is 18.9 Å². The molecule has 0 saturated carbocycles. The molecule has 2 unspecified atom stereocenters. The minimum Gasteiger partial charge on any atom is -0.477 e. The molecule has 1 N–H and O–H groups in total. The number of quaternary nitrogens is 1. The second kappa shape index (κ2) is 56.6. The van der Waals surface area contributed by atoms with Crippen LogP contribution in [-0.2, 0) is 33.3 Å². The van der Waals surface area contributed by atoms with Crippen molar-refractivity contribution in [2.75, 3.05) is 47.5 Å². The Labute approximate surface area is 465 Å². The maximum absolute atomic E-state index is 12.9. The monoisotopic (exact) mass is 1060 g/mol. The fourth-order valence-electron chi connectivity index (χ4n) is 7.56. The lowest BCUT2D eigenvalue weighted by Gasteiger charge is -2.25. The average Bonchev–Trinajstić information content (AvgIpc) is 3.39. The zero-order valence-electron chi connectivity index (χ0n) is 48.9. The first-order valence-electron chi connectivity index (χ1n) is 29.8. The lowest BCUT2D eigenvalue weighted by molar-refractivity contribution is -0.870. The maximum Gasteiger partial charge on any atom is 0.361 e. The molecule has 76 heavy (non-hydrogen) atoms. The van der Waals surface area contributed by atoms with E-state index in [0.29, 0.717) is 17.4 Å². The van der Waals surface area contributed by atoms with E-state index in [1.54, 1.807) is 0 Å². The van der Waals surface area contributed by atoms with Gasteiger partial charge in [0.1, 0.15) is 13.2 Å². The minimum absolute atomic E-state index is 0.178. The summed E-state index contributed by atoms with van der Waals surface area (Å²) < 4.78 is 22.8. The molecule has 0 aliphatic carbocycles. The standard InChI is InChI=1S/C67H109NO8/c1-6-8-10-12-14-16-18-20-21-22-23-24-25-26-27-28-29-30-31-32-33-34-35-36-37-38-39-40-41-42-43-44-45-46-48-50-52-54-56-58-65(70)76-63(62-75-67(66(71)72)73-60-59-68(3,4)5)61-74-64(69)57-55-53-51-49-47-19-17-15-13-11-9-7-2/h8,10,14-17,20-21,23-24,26-27,29-30,32-33,35-36,38-39,41-42,63,67H,6-7,9,11-13,18-19,22,25,28,31,34,37,40,43-62H2,1-5H3/p+1/b10-8-,16-14-,17-15-,21-20-,24-23-,27-26-,30-29-,33-32-,36-35-,39-38-,42-41-. The summed E-state index contributed by atoms with van der Waals surface area (Å²) in [6.45, 7) is 4.69. The number of rotatable bonds is 53. The number of unbranched alkanes of at least 4 members (excludes halogenated alkanes) is 16. The van der Waals surface area contributed by atoms with Crippen LogP contribution in [-0.4, -0.2) is 87.4 Å². The first-order chi connectivity index (χ1) is 37.1. The Bertz CT molecular complexity index is 1700. The van der Waals surface area contributed by atoms with E-state index in [1.807, 2.05) is 21.1 Å². The molecule has 9 nitrogen and oxygen atoms in total. The molecule has 9 heteroatoms. The molecule has 0 fully saturated rings. The summed E-state index contributed by atoms with van der Waals surface area (Å²) in [6.07, 6.45) is 78.3. The van der Waals surface area contributed by atoms with E-state index in [2.05, 4.69) is 148 Å². The smallest absolute Gasteiger partial charge is 0.361 e. The van der Waals surface area contributed by atoms with Crippen molar-refractivity contribution >= 4 is 17.9 Å². The lowest BCUT2D eigenvalue weighted by Crippen LogP contribution is -2.40. The van der Waals surface area contributed by atoms with E-state index >= 15 is 0 Å². The second-order valence-electron chi connectivity index (χ2n) is 20.6. The number of carbonyl (C=O) groups is 3. The van der Waals surface area contributed by atoms with Crippen LogP contribution in [0.4, 0.5) is 0 Å². The van der Waals surface area contributed by atoms with Gasteiger partial charge < -0.3 is 28.5 Å². The van der Waals surface area contributed by atoms with Crippen molar-refractivity contribution < 1.29 is 42.9 Å². The Morgan fingerprint density at radius 2 is 0.750 bits per heavy atom. The first kappa shape index (κ1) is 71.4. The number of aliphatic carboxylic acids is 1. The number of hydrogen-bond acceptors (Lipinski definition) is 7. The van der Waals surface area contributed by atoms with Gasteiger partial charge in [-0.15, -0.1) is 0 Å². The van der Waals surface area contributed by atoms with Gasteiger partial charge in [0.05, 0.1) is 34.4 Å². The van der Waals surface area contributed by atoms with Crippen molar-refractivity contribution in [3.63, 3.8) is 0 Å². The fourth-order valence-corrected chi connectivity index (χ4v) is 7.56. The van der Waals surface area contributed by atoms with Crippen molar-refractivity contribution in [1.29, 1.82) is 0 Å². The van der Waals surface area contributed by atoms with Crippen molar-refractivity contribution in [1.82, 2.24) is 0 Å². The Kier molecular flexibility index (Phi) is 53.2. The normalized spacial score (nSPS) is 13.8. The summed E-state index contributed by atoms with van der Waals surface area (Å²) in [5.74, 6) is -2.04. The van der Waals surface area contributed by atoms with E-state index < -0.39 is 24.3 Å². The van der Waals surface area contributed by atoms with Crippen LogP contribution in [0, 0.1) is 0 Å². The van der Waals surface area contributed by atoms with E-state index in [-0.39, 0.29) is 38.6 Å². The zero-order valence-corrected chi connectivity index (χ0v) is 48.9. The Balaban J connectivity index is 4.17. The van der Waals surface area contributed by atoms with E-state index in [9.17, 15) is 19.5 Å². The van der Waals surface area contributed by atoms with Crippen molar-refractivity contribution in [2.24, 2.45) is 0 Å². The summed E-state index contributed by atoms with van der Waals surface area (Å²) >= 11 is 0. The van der Waals surface area contributed by atoms with Crippen LogP contribution in [0.25, 0.3) is 0 Å². The molecular formula is C67H110NO8+. The molecule has 0 spiro atoms. The maximum atomic E-state index is 12.9. The molecule has 0 amide bonds. The minimum atomic E-state index is -1.52. The van der Waals surface area contributed by atoms with Gasteiger partial charge in [0.25, 0.3) is 6.29 Å². The molecule has 0 rings (SSSR count). The average molecular weight is 1060 g/mol. The highest BCUT2D eigenvalue weighted by Crippen LogP contribution is 2.14. The summed E-state index contributed by atoms with van der Waals surface area (Å²) in [5.41, 5.74) is 0. The van der Waals surface area contributed by atoms with Gasteiger partial charge in [-0.25, -0.2) is 4.79 Å². The highest BCUT2D eigenvalue weighted by molar-refractivity contribution is 5.71. The predicted octanol–water partition coefficient (Wildman–Crippen LogP) is 17.8. The molecule has 0 aliphatic rings. The Morgan fingerprint density at radius 1 is 0.408 bits per heavy atom. The number of esters is 2. The molecule has 0 radical (unpaired) electrons. The molecule has 0 heterocycles. The number of nitrogens with zero attached hydrogens (tertiary/aromatic N) is 1. The van der Waals surface area contributed by atoms with Crippen molar-refractivity contribution in [3.8, 4) is 0 Å². The molecule has 0 aromatic heterocycles. The third-order valence-electron chi connectivity index (χ3n) is 12.1. The van der Waals surface area contributed by atoms with Gasteiger partial charge in [0.2, 0.25) is 0 Å². The topological polar surface area (TPSA) is 108 Å². The van der Waals surface area contributed by atoms with Gasteiger partial charge in [-0.3, -0.25) is 9.59 Å². The van der Waals surface area contributed by atoms with Crippen LogP contribution >= 0.6 is 0 Å². The second-order valence-corrected chi connectivity index (χ2v) is 20.6. The van der Waals surface area contributed by atoms with Gasteiger partial charge in [-0.2, -0.15) is 0 Å². The summed E-state index contributed by atoms with van der Waals surface area (Å²) in [4.78, 5) is 37.3. The largest absolute Gasteiger partial charge is 0.477 e. The highest BCUT2D eigenvalue weighted by Gasteiger charge is 2.25. The number of hydrogen-bond donors (Lipinski definition) is 1. The summed E-state index contributed by atoms with van der Waals surface area (Å²) in [5, 5.41) is 9.68. The number of carboxylic acids is 1. The highest BCUT2D eigenvalue weighted by atomic mass is 16.7. The van der Waals surface area contributed by atoms with Gasteiger partial charge in [0.15, 0.2) is 6.10 Å². The van der Waals surface area contributed by atoms with Gasteiger partial charge >= 0.3 is 17.9 Å². The number of ether oxygens (including phenoxy) is 4. The van der Waals surface area contributed by atoms with Gasteiger partial charge in [-0.1, -0.05) is 218 Å². The first-order valence-corrected chi connectivity index (χ1v) is 29.8. The molecular weight excluding hydrogens is 947 g/mol. The van der Waals surface area contributed by atoms with Crippen molar-refractivity contribution in [3.05, 3.63) is 134 Å². The van der Waals surface area contributed by atoms with Gasteiger partial charge in [0, 0.05) is 12.8 Å². The van der Waals surface area contributed by atoms with Crippen LogP contribution in [0.2, 0.25) is 0 Å². The van der Waals surface area contributed by atoms with Crippen LogP contribution in [0.5, 0.6) is 0 Å². The van der Waals surface area contributed by atoms with Crippen LogP contribution in [0.3, 0.4) is 0 Å². The fraction of sp³-hybridized carbons (Fsp3) is 0.627. The number of carbonyl (C=O) groups excluding carboxylic acids is 2. The zero-order chi connectivity index (χ0) is 55.5. The molecule has 0 bridgehead atoms. The summed E-state index contributed by atoms with van der Waals surface area (Å²) in [6, 6.07) is 0. The molecule has 0 aliphatic heterocycles. The number of allylic oxidation sites excluding steroid dienone is 22. The third-order valence-corrected chi connectivity index (χ3v) is 12.1. The molecule has 0 aromatic carbocycles. The summed E-state index contributed by atoms with van der Waals surface area (Å²) in [7, 11) is 5.95. The SMILES string of the molecule is CC/C=C\C/C=C\C/C=C\C/C=C\C/C=C\C/C=C\C/C=C\C/C=C\C/C=C\C/C=C\CCCCCCCCCCC(=O)OC(COC(=O)CCCCCCC/C=C\CCCCC)COC(OCC[N+](C)(C)C)C(=O)O. The van der Waals surface area contributed by atoms with Gasteiger partial charge in [-0.05, 0) is 116 Å². The van der Waals surface area contributed by atoms with Crippen molar-refractivity contribution in [2.45, 2.75) is 225 Å².